The molecule has 0 aromatic carbocycles. The van der Waals surface area contributed by atoms with Gasteiger partial charge in [-0.25, -0.2) is 0 Å². The van der Waals surface area contributed by atoms with Crippen molar-refractivity contribution < 1.29 is 0 Å². The fraction of sp³-hybridized carbons (Fsp3) is 0.455. The lowest BCUT2D eigenvalue weighted by Gasteiger charge is -2.14. The Morgan fingerprint density at radius 1 is 1.23 bits per heavy atom. The maximum atomic E-state index is 5.70. The quantitative estimate of drug-likeness (QED) is 0.593. The predicted molar refractivity (Wildman–Crippen MR) is 64.6 cm³/mol. The van der Waals surface area contributed by atoms with E-state index in [0.717, 1.165) is 5.70 Å². The fourth-order valence-electron chi connectivity index (χ4n) is 1.22. The Hall–Kier alpha value is -0.550. The van der Waals surface area contributed by atoms with E-state index in [1.54, 1.807) is 0 Å². The van der Waals surface area contributed by atoms with Crippen LogP contribution in [0.4, 0.5) is 0 Å². The molecule has 2 unspecified atom stereocenters. The van der Waals surface area contributed by atoms with Gasteiger partial charge in [-0.05, 0) is 26.0 Å². The second kappa shape index (κ2) is 5.24. The van der Waals surface area contributed by atoms with E-state index < -0.39 is 0 Å². The van der Waals surface area contributed by atoms with E-state index in [-0.39, 0.29) is 5.16 Å². The Morgan fingerprint density at radius 3 is 2.31 bits per heavy atom. The molecule has 0 aliphatic heterocycles. The third-order valence-electron chi connectivity index (χ3n) is 1.56. The summed E-state index contributed by atoms with van der Waals surface area (Å²) >= 11 is 0. The molecule has 0 saturated heterocycles. The van der Waals surface area contributed by atoms with Gasteiger partial charge in [0.05, 0.1) is 0 Å². The lowest BCUT2D eigenvalue weighted by atomic mass is 10.1. The highest BCUT2D eigenvalue weighted by Gasteiger charge is 2.12. The molecule has 0 bridgehead atoms. The summed E-state index contributed by atoms with van der Waals surface area (Å²) in [6, 6.07) is 0. The summed E-state index contributed by atoms with van der Waals surface area (Å²) in [4.78, 5) is 0. The smallest absolute Gasteiger partial charge is 0.0285 e. The van der Waals surface area contributed by atoms with Crippen molar-refractivity contribution in [2.24, 2.45) is 5.73 Å². The van der Waals surface area contributed by atoms with Crippen molar-refractivity contribution in [2.45, 2.75) is 32.9 Å². The second-order valence-corrected chi connectivity index (χ2v) is 4.48. The lowest BCUT2D eigenvalue weighted by Crippen LogP contribution is -2.09. The van der Waals surface area contributed by atoms with Gasteiger partial charge in [-0.2, -0.15) is 0 Å². The lowest BCUT2D eigenvalue weighted by molar-refractivity contribution is 0.990. The minimum Gasteiger partial charge on any atom is -0.399 e. The highest BCUT2D eigenvalue weighted by molar-refractivity contribution is 7.19. The third kappa shape index (κ3) is 4.90. The van der Waals surface area contributed by atoms with Crippen molar-refractivity contribution in [3.05, 3.63) is 35.6 Å². The average Bonchev–Trinajstić information content (AvgIpc) is 2.12. The standard InChI is InChI=1S/C9H14NP.C2H6/c1-7-3-4-8(10)6-9(2,11)5-7;1-2/h3-6H,10-11H2,1-2H3;1-2H3. The fourth-order valence-corrected chi connectivity index (χ4v) is 1.67. The molecule has 0 spiro atoms. The van der Waals surface area contributed by atoms with Gasteiger partial charge >= 0.3 is 0 Å². The molecule has 2 N–H and O–H groups in total. The molecule has 1 aliphatic rings. The molecule has 0 fully saturated rings. The Labute approximate surface area is 84.0 Å². The van der Waals surface area contributed by atoms with Crippen LogP contribution in [0.3, 0.4) is 0 Å². The van der Waals surface area contributed by atoms with Crippen molar-refractivity contribution in [2.75, 3.05) is 0 Å². The van der Waals surface area contributed by atoms with Gasteiger partial charge in [0.1, 0.15) is 0 Å². The van der Waals surface area contributed by atoms with E-state index in [4.69, 9.17) is 5.73 Å². The molecule has 0 heterocycles. The van der Waals surface area contributed by atoms with Crippen LogP contribution < -0.4 is 5.73 Å². The van der Waals surface area contributed by atoms with E-state index in [0.29, 0.717) is 0 Å². The number of allylic oxidation sites excluding steroid dienone is 5. The van der Waals surface area contributed by atoms with Crippen LogP contribution in [0.1, 0.15) is 27.7 Å². The largest absolute Gasteiger partial charge is 0.399 e. The predicted octanol–water partition coefficient (Wildman–Crippen LogP) is 3.01. The molecule has 0 aromatic rings. The van der Waals surface area contributed by atoms with E-state index in [1.807, 2.05) is 32.1 Å². The molecule has 1 aliphatic carbocycles. The Bertz CT molecular complexity index is 223. The summed E-state index contributed by atoms with van der Waals surface area (Å²) in [5, 5.41) is 0.0116. The minimum absolute atomic E-state index is 0.0116. The second-order valence-electron chi connectivity index (χ2n) is 3.23. The molecule has 0 amide bonds. The molecule has 2 atom stereocenters. The van der Waals surface area contributed by atoms with Gasteiger partial charge in [-0.15, -0.1) is 9.24 Å². The summed E-state index contributed by atoms with van der Waals surface area (Å²) < 4.78 is 0. The zero-order valence-electron chi connectivity index (χ0n) is 8.96. The number of hydrogen-bond donors (Lipinski definition) is 1. The van der Waals surface area contributed by atoms with Gasteiger partial charge in [0.25, 0.3) is 0 Å². The van der Waals surface area contributed by atoms with Gasteiger partial charge in [0, 0.05) is 10.9 Å². The zero-order chi connectivity index (χ0) is 10.5. The first-order valence-corrected chi connectivity index (χ1v) is 5.22. The molecule has 0 radical (unpaired) electrons. The average molecular weight is 197 g/mol. The zero-order valence-corrected chi connectivity index (χ0v) is 10.1. The first kappa shape index (κ1) is 12.4. The van der Waals surface area contributed by atoms with Crippen LogP contribution in [0, 0.1) is 0 Å². The van der Waals surface area contributed by atoms with Gasteiger partial charge in [-0.1, -0.05) is 31.6 Å². The Kier molecular flexibility index (Phi) is 5.02. The molecule has 13 heavy (non-hydrogen) atoms. The van der Waals surface area contributed by atoms with Crippen molar-refractivity contribution in [1.82, 2.24) is 0 Å². The maximum Gasteiger partial charge on any atom is 0.0285 e. The van der Waals surface area contributed by atoms with Crippen LogP contribution in [0.15, 0.2) is 35.6 Å². The summed E-state index contributed by atoms with van der Waals surface area (Å²) in [5.74, 6) is 0. The highest BCUT2D eigenvalue weighted by atomic mass is 31.0. The molecular formula is C11H20NP. The monoisotopic (exact) mass is 197 g/mol. The van der Waals surface area contributed by atoms with Crippen molar-refractivity contribution in [1.29, 1.82) is 0 Å². The maximum absolute atomic E-state index is 5.70. The molecule has 0 saturated carbocycles. The molecule has 74 valence electrons. The van der Waals surface area contributed by atoms with Gasteiger partial charge in [0.2, 0.25) is 0 Å². The Balaban J connectivity index is 0.000000671. The number of nitrogens with two attached hydrogens (primary N) is 1. The number of hydrogen-bond acceptors (Lipinski definition) is 1. The first-order valence-electron chi connectivity index (χ1n) is 4.64. The SMILES string of the molecule is CC.CC1=CC(C)(P)C=C(N)C=C1. The van der Waals surface area contributed by atoms with E-state index in [9.17, 15) is 0 Å². The van der Waals surface area contributed by atoms with Crippen LogP contribution in [0.5, 0.6) is 0 Å². The normalized spacial score (nSPS) is 26.5. The summed E-state index contributed by atoms with van der Waals surface area (Å²) in [6.07, 6.45) is 8.17. The van der Waals surface area contributed by atoms with Crippen LogP contribution in [-0.2, 0) is 0 Å². The van der Waals surface area contributed by atoms with Crippen LogP contribution in [-0.4, -0.2) is 5.16 Å². The summed E-state index contributed by atoms with van der Waals surface area (Å²) in [7, 11) is 2.77. The third-order valence-corrected chi connectivity index (χ3v) is 1.89. The molecule has 1 rings (SSSR count). The van der Waals surface area contributed by atoms with Crippen molar-refractivity contribution >= 4 is 9.24 Å². The first-order chi connectivity index (χ1) is 5.99. The van der Waals surface area contributed by atoms with Crippen LogP contribution in [0.25, 0.3) is 0 Å². The molecule has 0 aromatic heterocycles. The minimum atomic E-state index is 0.0116. The van der Waals surface area contributed by atoms with Crippen LogP contribution >= 0.6 is 9.24 Å². The van der Waals surface area contributed by atoms with E-state index >= 15 is 0 Å². The van der Waals surface area contributed by atoms with Gasteiger partial charge < -0.3 is 5.73 Å². The molecule has 2 heteroatoms. The van der Waals surface area contributed by atoms with Crippen molar-refractivity contribution in [3.63, 3.8) is 0 Å². The summed E-state index contributed by atoms with van der Waals surface area (Å²) in [6.45, 7) is 8.19. The summed E-state index contributed by atoms with van der Waals surface area (Å²) in [5.41, 5.74) is 7.78. The van der Waals surface area contributed by atoms with E-state index in [2.05, 4.69) is 29.2 Å². The van der Waals surface area contributed by atoms with E-state index in [1.165, 1.54) is 5.57 Å². The van der Waals surface area contributed by atoms with Gasteiger partial charge in [-0.3, -0.25) is 0 Å². The topological polar surface area (TPSA) is 26.0 Å². The molecule has 1 nitrogen and oxygen atoms in total. The Morgan fingerprint density at radius 2 is 1.77 bits per heavy atom. The van der Waals surface area contributed by atoms with Gasteiger partial charge in [0.15, 0.2) is 0 Å². The van der Waals surface area contributed by atoms with Crippen LogP contribution in [0.2, 0.25) is 0 Å². The molecular weight excluding hydrogens is 177 g/mol. The number of rotatable bonds is 0. The van der Waals surface area contributed by atoms with Crippen molar-refractivity contribution in [3.8, 4) is 0 Å². The highest BCUT2D eigenvalue weighted by Crippen LogP contribution is 2.26.